The normalized spacial score (nSPS) is 43.2. The number of hydrogen-bond acceptors (Lipinski definition) is 2. The van der Waals surface area contributed by atoms with Gasteiger partial charge in [-0.2, -0.15) is 0 Å². The van der Waals surface area contributed by atoms with Crippen molar-refractivity contribution in [2.24, 2.45) is 11.8 Å². The number of rotatable bonds is 1. The Morgan fingerprint density at radius 3 is 1.75 bits per heavy atom. The molecule has 4 rings (SSSR count). The molecule has 4 aliphatic heterocycles. The van der Waals surface area contributed by atoms with E-state index in [0.717, 1.165) is 12.8 Å². The van der Waals surface area contributed by atoms with Gasteiger partial charge in [-0.1, -0.05) is 12.2 Å². The van der Waals surface area contributed by atoms with E-state index in [1.807, 2.05) is 24.6 Å². The largest absolute Gasteiger partial charge is 0.315 e. The van der Waals surface area contributed by atoms with Crippen molar-refractivity contribution in [3.63, 3.8) is 0 Å². The summed E-state index contributed by atoms with van der Waals surface area (Å²) in [6.07, 6.45) is 9.60. The van der Waals surface area contributed by atoms with Gasteiger partial charge in [-0.3, -0.25) is 9.59 Å². The molecule has 2 saturated heterocycles. The van der Waals surface area contributed by atoms with Crippen molar-refractivity contribution in [2.45, 2.75) is 24.9 Å². The molecule has 0 radical (unpaired) electrons. The van der Waals surface area contributed by atoms with E-state index in [4.69, 9.17) is 0 Å². The van der Waals surface area contributed by atoms with E-state index in [9.17, 15) is 9.59 Å². The first-order valence-corrected chi connectivity index (χ1v) is 5.77. The molecule has 0 saturated carbocycles. The third kappa shape index (κ3) is 0.752. The van der Waals surface area contributed by atoms with Crippen LogP contribution in [0.3, 0.4) is 0 Å². The van der Waals surface area contributed by atoms with Crippen LogP contribution in [0, 0.1) is 11.8 Å². The summed E-state index contributed by atoms with van der Waals surface area (Å²) in [5.41, 5.74) is 0. The number of fused-ring (bicyclic) bond motifs is 2. The summed E-state index contributed by atoms with van der Waals surface area (Å²) in [5, 5.41) is 0. The lowest BCUT2D eigenvalue weighted by Gasteiger charge is -2.53. The number of nitrogens with zero attached hydrogens (tertiary/aromatic N) is 2. The molecule has 4 aliphatic rings. The Bertz CT molecular complexity index is 412. The Kier molecular flexibility index (Phi) is 1.37. The smallest absolute Gasteiger partial charge is 0.232 e. The lowest BCUT2D eigenvalue weighted by molar-refractivity contribution is -0.173. The van der Waals surface area contributed by atoms with Crippen molar-refractivity contribution in [3.05, 3.63) is 24.6 Å². The zero-order chi connectivity index (χ0) is 10.9. The van der Waals surface area contributed by atoms with Gasteiger partial charge in [0.15, 0.2) is 0 Å². The predicted octanol–water partition coefficient (Wildman–Crippen LogP) is 0.475. The van der Waals surface area contributed by atoms with Gasteiger partial charge < -0.3 is 9.80 Å². The monoisotopic (exact) mass is 216 g/mol. The third-order valence-electron chi connectivity index (χ3n) is 4.30. The molecule has 2 fully saturated rings. The van der Waals surface area contributed by atoms with Crippen LogP contribution in [-0.4, -0.2) is 33.7 Å². The van der Waals surface area contributed by atoms with Crippen LogP contribution in [0.15, 0.2) is 24.6 Å². The lowest BCUT2D eigenvalue weighted by Crippen LogP contribution is -2.69. The number of hydrogen-bond donors (Lipinski definition) is 0. The Hall–Kier alpha value is -1.58. The first kappa shape index (κ1) is 8.56. The highest BCUT2D eigenvalue weighted by Crippen LogP contribution is 2.47. The average Bonchev–Trinajstić information content (AvgIpc) is 2.89. The van der Waals surface area contributed by atoms with Gasteiger partial charge in [-0.25, -0.2) is 0 Å². The zero-order valence-corrected chi connectivity index (χ0v) is 8.74. The molecule has 2 amide bonds. The number of carbonyl (C=O) groups excluding carboxylic acids is 2. The maximum absolute atomic E-state index is 11.9. The number of carbonyl (C=O) groups is 2. The van der Waals surface area contributed by atoms with Crippen LogP contribution in [0.1, 0.15) is 12.8 Å². The molecule has 4 nitrogen and oxygen atoms in total. The van der Waals surface area contributed by atoms with Crippen LogP contribution < -0.4 is 0 Å². The summed E-state index contributed by atoms with van der Waals surface area (Å²) in [5.74, 6) is 0.180. The van der Waals surface area contributed by atoms with Gasteiger partial charge >= 0.3 is 0 Å². The second-order valence-electron chi connectivity index (χ2n) is 4.92. The quantitative estimate of drug-likeness (QED) is 0.598. The van der Waals surface area contributed by atoms with Crippen LogP contribution in [0.4, 0.5) is 0 Å². The standard InChI is InChI=1S/C12H12N2O2/c15-11-9(7-3-1-5-13(7)11)10-8-4-2-6-14(8)12(10)16/h1-2,5-10H,3-4H2/t7-,8+,9?,10?. The molecule has 0 aromatic carbocycles. The summed E-state index contributed by atoms with van der Waals surface area (Å²) in [6, 6.07) is 0.536. The molecule has 0 spiro atoms. The van der Waals surface area contributed by atoms with Crippen molar-refractivity contribution in [1.82, 2.24) is 9.80 Å². The van der Waals surface area contributed by atoms with Gasteiger partial charge in [0.1, 0.15) is 0 Å². The predicted molar refractivity (Wildman–Crippen MR) is 55.8 cm³/mol. The summed E-state index contributed by atoms with van der Waals surface area (Å²) >= 11 is 0. The molecule has 4 heteroatoms. The van der Waals surface area contributed by atoms with Crippen molar-refractivity contribution in [2.75, 3.05) is 0 Å². The summed E-state index contributed by atoms with van der Waals surface area (Å²) < 4.78 is 0. The Morgan fingerprint density at radius 2 is 1.31 bits per heavy atom. The summed E-state index contributed by atoms with van der Waals surface area (Å²) in [6.45, 7) is 0. The maximum Gasteiger partial charge on any atom is 0.232 e. The molecular weight excluding hydrogens is 204 g/mol. The average molecular weight is 216 g/mol. The topological polar surface area (TPSA) is 40.6 Å². The van der Waals surface area contributed by atoms with E-state index < -0.39 is 0 Å². The summed E-state index contributed by atoms with van der Waals surface area (Å²) in [4.78, 5) is 27.4. The number of amides is 2. The minimum Gasteiger partial charge on any atom is -0.315 e. The van der Waals surface area contributed by atoms with Crippen LogP contribution in [-0.2, 0) is 9.59 Å². The van der Waals surface area contributed by atoms with Crippen molar-refractivity contribution >= 4 is 11.8 Å². The van der Waals surface area contributed by atoms with E-state index in [0.29, 0.717) is 0 Å². The molecule has 16 heavy (non-hydrogen) atoms. The molecule has 4 heterocycles. The van der Waals surface area contributed by atoms with Crippen molar-refractivity contribution in [3.8, 4) is 0 Å². The molecule has 0 aliphatic carbocycles. The lowest BCUT2D eigenvalue weighted by atomic mass is 9.69. The zero-order valence-electron chi connectivity index (χ0n) is 8.74. The highest BCUT2D eigenvalue weighted by molar-refractivity contribution is 5.97. The van der Waals surface area contributed by atoms with Crippen LogP contribution in [0.25, 0.3) is 0 Å². The van der Waals surface area contributed by atoms with Crippen molar-refractivity contribution < 1.29 is 9.59 Å². The van der Waals surface area contributed by atoms with E-state index in [-0.39, 0.29) is 35.7 Å². The molecule has 82 valence electrons. The van der Waals surface area contributed by atoms with Crippen LogP contribution in [0.5, 0.6) is 0 Å². The van der Waals surface area contributed by atoms with Crippen LogP contribution in [0.2, 0.25) is 0 Å². The van der Waals surface area contributed by atoms with Gasteiger partial charge in [0.25, 0.3) is 0 Å². The minimum absolute atomic E-state index is 0.0522. The Morgan fingerprint density at radius 1 is 0.875 bits per heavy atom. The highest BCUT2D eigenvalue weighted by atomic mass is 16.2. The molecule has 0 N–H and O–H groups in total. The SMILES string of the molecule is O=C1C(C2C(=O)N3C=CC[C@@H]23)[C@H]2CC=CN12. The van der Waals surface area contributed by atoms with Crippen molar-refractivity contribution in [1.29, 1.82) is 0 Å². The van der Waals surface area contributed by atoms with E-state index >= 15 is 0 Å². The second kappa shape index (κ2) is 2.56. The van der Waals surface area contributed by atoms with Gasteiger partial charge in [0, 0.05) is 12.4 Å². The maximum atomic E-state index is 11.9. The fourth-order valence-corrected chi connectivity index (χ4v) is 3.48. The summed E-state index contributed by atoms with van der Waals surface area (Å²) in [7, 11) is 0. The molecule has 0 aromatic heterocycles. The van der Waals surface area contributed by atoms with Crippen LogP contribution >= 0.6 is 0 Å². The van der Waals surface area contributed by atoms with Gasteiger partial charge in [0.05, 0.1) is 23.9 Å². The van der Waals surface area contributed by atoms with E-state index in [2.05, 4.69) is 0 Å². The fourth-order valence-electron chi connectivity index (χ4n) is 3.48. The minimum atomic E-state index is -0.0522. The van der Waals surface area contributed by atoms with Gasteiger partial charge in [-0.15, -0.1) is 0 Å². The Labute approximate surface area is 93.2 Å². The second-order valence-corrected chi connectivity index (χ2v) is 4.92. The first-order chi connectivity index (χ1) is 7.79. The van der Waals surface area contributed by atoms with Gasteiger partial charge in [0.2, 0.25) is 11.8 Å². The van der Waals surface area contributed by atoms with E-state index in [1.54, 1.807) is 9.80 Å². The first-order valence-electron chi connectivity index (χ1n) is 5.77. The third-order valence-corrected chi connectivity index (χ3v) is 4.30. The highest BCUT2D eigenvalue weighted by Gasteiger charge is 2.61. The molecule has 4 atom stereocenters. The molecule has 2 unspecified atom stereocenters. The molecule has 0 aromatic rings. The number of β-lactam (4-membered cyclic amide) rings is 2. The van der Waals surface area contributed by atoms with Gasteiger partial charge in [-0.05, 0) is 12.8 Å². The van der Waals surface area contributed by atoms with E-state index in [1.165, 1.54) is 0 Å². The Balaban J connectivity index is 1.60. The molecular formula is C12H12N2O2. The fraction of sp³-hybridized carbons (Fsp3) is 0.500. The molecule has 0 bridgehead atoms.